The van der Waals surface area contributed by atoms with Gasteiger partial charge in [0.05, 0.1) is 36.4 Å². The van der Waals surface area contributed by atoms with Crippen molar-refractivity contribution < 1.29 is 56.3 Å². The van der Waals surface area contributed by atoms with Gasteiger partial charge in [-0.3, -0.25) is 23.2 Å². The van der Waals surface area contributed by atoms with Crippen LogP contribution in [-0.4, -0.2) is 96.8 Å². The van der Waals surface area contributed by atoms with E-state index in [0.717, 1.165) is 27.4 Å². The molecule has 0 aliphatic rings. The molecule has 0 bridgehead atoms. The predicted octanol–water partition coefficient (Wildman–Crippen LogP) is 2.64. The number of pyridine rings is 4. The molecule has 0 atom stereocenters. The van der Waals surface area contributed by atoms with Crippen LogP contribution >= 0.6 is 0 Å². The molecule has 6 N–H and O–H groups in total. The molecule has 0 aliphatic heterocycles. The predicted molar refractivity (Wildman–Crippen MR) is 178 cm³/mol. The summed E-state index contributed by atoms with van der Waals surface area (Å²) in [6, 6.07) is 15.9. The van der Waals surface area contributed by atoms with Gasteiger partial charge in [0, 0.05) is 45.9 Å². The van der Waals surface area contributed by atoms with Gasteiger partial charge in [0.1, 0.15) is 11.6 Å². The van der Waals surface area contributed by atoms with Crippen LogP contribution < -0.4 is 5.73 Å². The third-order valence-corrected chi connectivity index (χ3v) is 4.71. The van der Waals surface area contributed by atoms with Crippen molar-refractivity contribution in [3.8, 4) is 22.5 Å². The van der Waals surface area contributed by atoms with Gasteiger partial charge < -0.3 is 5.73 Å². The molecule has 262 valence electrons. The van der Waals surface area contributed by atoms with E-state index in [2.05, 4.69) is 19.9 Å². The average Bonchev–Trinajstić information content (AvgIpc) is 2.89. The number of aromatic nitrogens is 4. The zero-order chi connectivity index (χ0) is 37.1. The highest BCUT2D eigenvalue weighted by atomic mass is 32.2. The number of fused-ring (bicyclic) bond motifs is 2. The number of nitrogens with zero attached hydrogens (tertiary/aromatic N) is 4. The maximum Gasteiger partial charge on any atom is 0.261 e. The lowest BCUT2D eigenvalue weighted by molar-refractivity contribution is 0.488. The first-order valence-corrected chi connectivity index (χ1v) is 19.8. The third kappa shape index (κ3) is 18.2. The molecule has 0 unspecified atom stereocenters. The molecule has 0 saturated carbocycles. The van der Waals surface area contributed by atoms with Crippen LogP contribution in [0.5, 0.6) is 0 Å². The van der Waals surface area contributed by atoms with E-state index >= 15 is 0 Å². The third-order valence-electron chi connectivity index (χ3n) is 4.71. The Hall–Kier alpha value is -4.29. The Labute approximate surface area is 275 Å². The van der Waals surface area contributed by atoms with Gasteiger partial charge in [-0.1, -0.05) is 12.1 Å². The number of hydrogen-bond donors (Lipinski definition) is 5. The number of benzene rings is 1. The largest absolute Gasteiger partial charge is 0.383 e. The lowest BCUT2D eigenvalue weighted by atomic mass is 9.99. The summed E-state index contributed by atoms with van der Waals surface area (Å²) < 4.78 is 118. The summed E-state index contributed by atoms with van der Waals surface area (Å²) in [6.45, 7) is 0. The van der Waals surface area contributed by atoms with Crippen molar-refractivity contribution in [1.29, 1.82) is 0 Å². The van der Waals surface area contributed by atoms with E-state index in [1.807, 2.05) is 30.3 Å². The summed E-state index contributed by atoms with van der Waals surface area (Å²) >= 11 is 0. The highest BCUT2D eigenvalue weighted by Crippen LogP contribution is 2.35. The lowest BCUT2D eigenvalue weighted by Gasteiger charge is -2.12. The summed E-state index contributed by atoms with van der Waals surface area (Å²) in [4.78, 5) is 17.7. The summed E-state index contributed by atoms with van der Waals surface area (Å²) in [6.07, 6.45) is 7.88. The zero-order valence-corrected chi connectivity index (χ0v) is 28.6. The van der Waals surface area contributed by atoms with Crippen LogP contribution in [0.1, 0.15) is 0 Å². The monoisotopic (exact) mass is 751 g/mol. The molecular formula is C26H30FN5O12S4. The molecule has 1 aromatic carbocycles. The molecular weight excluding hydrogens is 722 g/mol. The van der Waals surface area contributed by atoms with Gasteiger partial charge in [0.25, 0.3) is 40.5 Å². The quantitative estimate of drug-likeness (QED) is 0.162. The average molecular weight is 752 g/mol. The van der Waals surface area contributed by atoms with Gasteiger partial charge in [-0.05, 0) is 42.5 Å². The minimum absolute atomic E-state index is 0.337. The number of rotatable bonds is 2. The zero-order valence-electron chi connectivity index (χ0n) is 25.4. The second-order valence-electron chi connectivity index (χ2n) is 9.29. The molecule has 17 nitrogen and oxygen atoms in total. The van der Waals surface area contributed by atoms with E-state index in [-0.39, 0.29) is 5.82 Å². The van der Waals surface area contributed by atoms with E-state index in [9.17, 15) is 38.1 Å². The van der Waals surface area contributed by atoms with Crippen LogP contribution in [0.3, 0.4) is 0 Å². The molecule has 48 heavy (non-hydrogen) atoms. The smallest absolute Gasteiger partial charge is 0.261 e. The maximum absolute atomic E-state index is 14.4. The Morgan fingerprint density at radius 1 is 0.583 bits per heavy atom. The standard InChI is InChI=1S/C22H14FN5.4CH4O3S/c23-18-6-2-1-4-16(18)19-12-17(15-5-3-9-27-22(15)28-19)20-13-7-11-26-21(24)14(13)8-10-25-20;4*1-5(2,3)4/h1-12H,(H2,24,26);4*1H3,(H,2,3,4). The first-order chi connectivity index (χ1) is 21.7. The SMILES string of the molecule is CS(=O)(=O)O.CS(=O)(=O)O.CS(=O)(=O)O.CS(=O)(=O)O.Nc1nccc2c(-c3cc(-c4ccccc4F)nc4ncccc34)nccc12. The Morgan fingerprint density at radius 3 is 1.58 bits per heavy atom. The first kappa shape index (κ1) is 41.7. The van der Waals surface area contributed by atoms with Crippen molar-refractivity contribution in [1.82, 2.24) is 19.9 Å². The van der Waals surface area contributed by atoms with Gasteiger partial charge in [-0.25, -0.2) is 19.3 Å². The minimum atomic E-state index is -3.67. The molecule has 0 spiro atoms. The van der Waals surface area contributed by atoms with Crippen molar-refractivity contribution in [2.75, 3.05) is 30.8 Å². The van der Waals surface area contributed by atoms with Gasteiger partial charge >= 0.3 is 0 Å². The normalized spacial score (nSPS) is 11.4. The Kier molecular flexibility index (Phi) is 15.0. The Bertz CT molecular complexity index is 2170. The van der Waals surface area contributed by atoms with Crippen molar-refractivity contribution in [2.24, 2.45) is 0 Å². The van der Waals surface area contributed by atoms with Crippen molar-refractivity contribution in [3.63, 3.8) is 0 Å². The van der Waals surface area contributed by atoms with Crippen LogP contribution in [0.4, 0.5) is 10.2 Å². The van der Waals surface area contributed by atoms with Gasteiger partial charge in [-0.2, -0.15) is 33.7 Å². The van der Waals surface area contributed by atoms with Crippen LogP contribution in [0.15, 0.2) is 73.2 Å². The van der Waals surface area contributed by atoms with E-state index in [1.165, 1.54) is 6.07 Å². The fourth-order valence-electron chi connectivity index (χ4n) is 3.40. The molecule has 0 radical (unpaired) electrons. The van der Waals surface area contributed by atoms with Crippen LogP contribution in [0.2, 0.25) is 0 Å². The topological polar surface area (TPSA) is 295 Å². The number of hydrogen-bond acceptors (Lipinski definition) is 13. The second-order valence-corrected chi connectivity index (χ2v) is 15.2. The number of anilines is 1. The van der Waals surface area contributed by atoms with Crippen molar-refractivity contribution >= 4 is 68.1 Å². The van der Waals surface area contributed by atoms with Gasteiger partial charge in [0.2, 0.25) is 0 Å². The maximum atomic E-state index is 14.4. The molecule has 4 heterocycles. The molecule has 5 aromatic rings. The first-order valence-electron chi connectivity index (χ1n) is 12.4. The van der Waals surface area contributed by atoms with Crippen LogP contribution in [0, 0.1) is 5.82 Å². The molecule has 22 heteroatoms. The number of nitrogens with two attached hydrogens (primary N) is 1. The Balaban J connectivity index is 0.000000473. The summed E-state index contributed by atoms with van der Waals surface area (Å²) in [5.41, 5.74) is 9.02. The molecule has 0 amide bonds. The highest BCUT2D eigenvalue weighted by Gasteiger charge is 2.16. The fourth-order valence-corrected chi connectivity index (χ4v) is 3.40. The second kappa shape index (κ2) is 17.2. The summed E-state index contributed by atoms with van der Waals surface area (Å²) in [5.74, 6) is 0.0996. The Morgan fingerprint density at radius 2 is 1.06 bits per heavy atom. The number of halogens is 1. The summed E-state index contributed by atoms with van der Waals surface area (Å²) in [7, 11) is -14.7. The molecule has 0 saturated heterocycles. The van der Waals surface area contributed by atoms with E-state index < -0.39 is 40.5 Å². The van der Waals surface area contributed by atoms with E-state index in [4.69, 9.17) is 23.9 Å². The van der Waals surface area contributed by atoms with E-state index in [0.29, 0.717) is 47.7 Å². The van der Waals surface area contributed by atoms with Gasteiger partial charge in [0.15, 0.2) is 5.65 Å². The summed E-state index contributed by atoms with van der Waals surface area (Å²) in [5, 5.41) is 2.51. The van der Waals surface area contributed by atoms with Crippen molar-refractivity contribution in [2.45, 2.75) is 0 Å². The molecule has 4 aromatic heterocycles. The number of nitrogen functional groups attached to an aromatic ring is 1. The molecule has 0 aliphatic carbocycles. The van der Waals surface area contributed by atoms with Gasteiger partial charge in [-0.15, -0.1) is 0 Å². The van der Waals surface area contributed by atoms with Crippen LogP contribution in [-0.2, 0) is 40.5 Å². The molecule has 5 rings (SSSR count). The lowest BCUT2D eigenvalue weighted by Crippen LogP contribution is -1.97. The fraction of sp³-hybridized carbons (Fsp3) is 0.154. The van der Waals surface area contributed by atoms with E-state index in [1.54, 1.807) is 36.8 Å². The van der Waals surface area contributed by atoms with Crippen molar-refractivity contribution in [3.05, 3.63) is 79.0 Å². The molecule has 0 fully saturated rings. The van der Waals surface area contributed by atoms with Crippen LogP contribution in [0.25, 0.3) is 44.3 Å². The minimum Gasteiger partial charge on any atom is -0.383 e. The highest BCUT2D eigenvalue weighted by molar-refractivity contribution is 7.85.